The predicted molar refractivity (Wildman–Crippen MR) is 55.7 cm³/mol. The number of rotatable bonds is 8. The Morgan fingerprint density at radius 1 is 1.33 bits per heavy atom. The predicted octanol–water partition coefficient (Wildman–Crippen LogP) is 2.50. The van der Waals surface area contributed by atoms with Gasteiger partial charge in [0.05, 0.1) is 0 Å². The zero-order valence-electron chi connectivity index (χ0n) is 6.62. The van der Waals surface area contributed by atoms with Gasteiger partial charge in [0.1, 0.15) is 6.29 Å². The average Bonchev–Trinajstić information content (AvgIpc) is 2.02. The second-order valence-corrected chi connectivity index (χ2v) is 5.18. The van der Waals surface area contributed by atoms with E-state index >= 15 is 0 Å². The van der Waals surface area contributed by atoms with E-state index < -0.39 is 0 Å². The van der Waals surface area contributed by atoms with Crippen LogP contribution >= 0.6 is 33.2 Å². The quantitative estimate of drug-likeness (QED) is 0.276. The second kappa shape index (κ2) is 9.42. The summed E-state index contributed by atoms with van der Waals surface area (Å²) in [6, 6.07) is 0. The molecule has 0 aliphatic carbocycles. The van der Waals surface area contributed by atoms with Crippen molar-refractivity contribution in [3.63, 3.8) is 0 Å². The lowest BCUT2D eigenvalue weighted by molar-refractivity contribution is -0.111. The highest BCUT2D eigenvalue weighted by Crippen LogP contribution is 2.23. The molecule has 12 heavy (non-hydrogen) atoms. The Bertz CT molecular complexity index is 141. The van der Waals surface area contributed by atoms with E-state index in [1.54, 1.807) is 21.6 Å². The summed E-state index contributed by atoms with van der Waals surface area (Å²) in [7, 11) is 3.31. The molecule has 0 rings (SSSR count). The molecule has 0 saturated carbocycles. The monoisotopic (exact) mass is 226 g/mol. The van der Waals surface area contributed by atoms with Gasteiger partial charge >= 0.3 is 0 Å². The molecule has 0 aliphatic heterocycles. The summed E-state index contributed by atoms with van der Waals surface area (Å²) in [5.41, 5.74) is 0. The van der Waals surface area contributed by atoms with Gasteiger partial charge in [-0.25, -0.2) is 0 Å². The molecule has 2 nitrogen and oxygen atoms in total. The molecule has 0 bridgehead atoms. The molecular weight excluding hydrogens is 216 g/mol. The molecule has 0 fully saturated rings. The maximum atomic E-state index is 10.3. The molecule has 70 valence electrons. The lowest BCUT2D eigenvalue weighted by Gasteiger charge is -1.96. The lowest BCUT2D eigenvalue weighted by Crippen LogP contribution is -1.87. The fourth-order valence-corrected chi connectivity index (χ4v) is 2.77. The Morgan fingerprint density at radius 2 is 2.00 bits per heavy atom. The van der Waals surface area contributed by atoms with Crippen LogP contribution in [0.2, 0.25) is 0 Å². The molecule has 0 aromatic heterocycles. The smallest absolute Gasteiger partial charge is 0.222 e. The third kappa shape index (κ3) is 10.3. The van der Waals surface area contributed by atoms with Crippen molar-refractivity contribution in [1.82, 2.24) is 0 Å². The van der Waals surface area contributed by atoms with Crippen molar-refractivity contribution in [3.8, 4) is 0 Å². The van der Waals surface area contributed by atoms with Crippen LogP contribution in [-0.4, -0.2) is 23.0 Å². The van der Waals surface area contributed by atoms with Crippen LogP contribution in [0.4, 0.5) is 0 Å². The normalized spacial score (nSPS) is 9.75. The number of carbonyl (C=O) groups is 2. The van der Waals surface area contributed by atoms with Crippen LogP contribution < -0.4 is 0 Å². The third-order valence-electron chi connectivity index (χ3n) is 1.01. The first-order chi connectivity index (χ1) is 5.77. The van der Waals surface area contributed by atoms with Crippen molar-refractivity contribution in [3.05, 3.63) is 0 Å². The van der Waals surface area contributed by atoms with Crippen molar-refractivity contribution in [2.24, 2.45) is 0 Å². The number of unbranched alkanes of at least 4 members (excludes halogenated alkanes) is 1. The summed E-state index contributed by atoms with van der Waals surface area (Å²) < 4.78 is 0. The second-order valence-electron chi connectivity index (χ2n) is 2.06. The molecule has 0 radical (unpaired) electrons. The molecule has 5 heteroatoms. The van der Waals surface area contributed by atoms with E-state index in [1.165, 1.54) is 0 Å². The van der Waals surface area contributed by atoms with Gasteiger partial charge in [-0.3, -0.25) is 4.79 Å². The van der Waals surface area contributed by atoms with Crippen molar-refractivity contribution in [2.45, 2.75) is 19.3 Å². The van der Waals surface area contributed by atoms with E-state index in [2.05, 4.69) is 0 Å². The van der Waals surface area contributed by atoms with E-state index in [0.29, 0.717) is 12.8 Å². The Kier molecular flexibility index (Phi) is 9.68. The molecule has 0 saturated heterocycles. The van der Waals surface area contributed by atoms with Crippen LogP contribution in [0.3, 0.4) is 0 Å². The molecule has 0 aliphatic rings. The van der Waals surface area contributed by atoms with Gasteiger partial charge in [-0.2, -0.15) is 0 Å². The highest BCUT2D eigenvalue weighted by molar-refractivity contribution is 8.76. The van der Waals surface area contributed by atoms with E-state index in [9.17, 15) is 9.59 Å². The Balaban J connectivity index is 2.90. The van der Waals surface area contributed by atoms with Gasteiger partial charge in [0.25, 0.3) is 0 Å². The summed E-state index contributed by atoms with van der Waals surface area (Å²) in [4.78, 5) is 20.2. The summed E-state index contributed by atoms with van der Waals surface area (Å²) >= 11 is 5.13. The SMILES string of the molecule is O=CCCCSSCCC(=O)Cl. The number of hydrogen-bond acceptors (Lipinski definition) is 4. The van der Waals surface area contributed by atoms with Gasteiger partial charge in [-0.05, 0) is 18.0 Å². The van der Waals surface area contributed by atoms with Gasteiger partial charge in [0, 0.05) is 24.3 Å². The van der Waals surface area contributed by atoms with E-state index in [0.717, 1.165) is 24.2 Å². The molecular formula is C7H11ClO2S2. The number of aldehydes is 1. The zero-order valence-corrected chi connectivity index (χ0v) is 9.01. The van der Waals surface area contributed by atoms with E-state index in [-0.39, 0.29) is 5.24 Å². The van der Waals surface area contributed by atoms with Gasteiger partial charge < -0.3 is 4.79 Å². The zero-order chi connectivity index (χ0) is 9.23. The van der Waals surface area contributed by atoms with Gasteiger partial charge in [0.15, 0.2) is 0 Å². The molecule has 0 aromatic carbocycles. The highest BCUT2D eigenvalue weighted by atomic mass is 35.5. The fraction of sp³-hybridized carbons (Fsp3) is 0.714. The largest absolute Gasteiger partial charge is 0.303 e. The average molecular weight is 227 g/mol. The maximum absolute atomic E-state index is 10.3. The summed E-state index contributed by atoms with van der Waals surface area (Å²) in [6.07, 6.45) is 2.89. The Labute approximate surface area is 85.2 Å². The Hall–Kier alpha value is 0.330. The van der Waals surface area contributed by atoms with Crippen molar-refractivity contribution >= 4 is 44.7 Å². The van der Waals surface area contributed by atoms with Crippen LogP contribution in [0.5, 0.6) is 0 Å². The highest BCUT2D eigenvalue weighted by Gasteiger charge is 1.96. The molecule has 0 heterocycles. The minimum absolute atomic E-state index is 0.281. The molecule has 0 aromatic rings. The maximum Gasteiger partial charge on any atom is 0.222 e. The molecule has 0 spiro atoms. The summed E-state index contributed by atoms with van der Waals surface area (Å²) in [6.45, 7) is 0. The van der Waals surface area contributed by atoms with Crippen LogP contribution in [0.15, 0.2) is 0 Å². The van der Waals surface area contributed by atoms with Crippen molar-refractivity contribution in [1.29, 1.82) is 0 Å². The van der Waals surface area contributed by atoms with Crippen LogP contribution in [0.25, 0.3) is 0 Å². The Morgan fingerprint density at radius 3 is 2.58 bits per heavy atom. The van der Waals surface area contributed by atoms with Gasteiger partial charge in [-0.15, -0.1) is 0 Å². The first-order valence-corrected chi connectivity index (χ1v) is 6.50. The molecule has 0 unspecified atom stereocenters. The standard InChI is InChI=1S/C7H11ClO2S2/c8-7(10)3-6-12-11-5-2-1-4-9/h4H,1-3,5-6H2. The first-order valence-electron chi connectivity index (χ1n) is 3.63. The summed E-state index contributed by atoms with van der Waals surface area (Å²) in [5.74, 6) is 1.72. The lowest BCUT2D eigenvalue weighted by atomic mass is 10.4. The van der Waals surface area contributed by atoms with Gasteiger partial charge in [-0.1, -0.05) is 21.6 Å². The number of halogens is 1. The number of hydrogen-bond donors (Lipinski definition) is 0. The molecule has 0 N–H and O–H groups in total. The van der Waals surface area contributed by atoms with Crippen LogP contribution in [-0.2, 0) is 9.59 Å². The van der Waals surface area contributed by atoms with Crippen molar-refractivity contribution in [2.75, 3.05) is 11.5 Å². The first kappa shape index (κ1) is 12.3. The van der Waals surface area contributed by atoms with E-state index in [1.807, 2.05) is 0 Å². The van der Waals surface area contributed by atoms with Crippen LogP contribution in [0.1, 0.15) is 19.3 Å². The minimum Gasteiger partial charge on any atom is -0.303 e. The third-order valence-corrected chi connectivity index (χ3v) is 3.70. The topological polar surface area (TPSA) is 34.1 Å². The fourth-order valence-electron chi connectivity index (χ4n) is 0.465. The van der Waals surface area contributed by atoms with Gasteiger partial charge in [0.2, 0.25) is 5.24 Å². The molecule has 0 amide bonds. The minimum atomic E-state index is -0.281. The summed E-state index contributed by atoms with van der Waals surface area (Å²) in [5, 5.41) is -0.281. The number of carbonyl (C=O) groups excluding carboxylic acids is 2. The van der Waals surface area contributed by atoms with Crippen molar-refractivity contribution < 1.29 is 9.59 Å². The van der Waals surface area contributed by atoms with E-state index in [4.69, 9.17) is 11.6 Å². The van der Waals surface area contributed by atoms with Crippen LogP contribution in [0, 0.1) is 0 Å². The molecule has 0 atom stereocenters.